The molecule has 2 aromatic rings. The average Bonchev–Trinajstić information content (AvgIpc) is 2.77. The second kappa shape index (κ2) is 10.6. The van der Waals surface area contributed by atoms with Gasteiger partial charge in [0.25, 0.3) is 10.2 Å². The van der Waals surface area contributed by atoms with Crippen molar-refractivity contribution < 1.29 is 17.6 Å². The molecule has 1 aromatic carbocycles. The van der Waals surface area contributed by atoms with Crippen LogP contribution in [-0.2, 0) is 21.5 Å². The van der Waals surface area contributed by atoms with E-state index in [2.05, 4.69) is 15.3 Å². The number of anilines is 2. The van der Waals surface area contributed by atoms with Gasteiger partial charge in [-0.05, 0) is 62.2 Å². The topological polar surface area (TPSA) is 89.1 Å². The maximum absolute atomic E-state index is 14.4. The normalized spacial score (nSPS) is 17.4. The predicted octanol–water partition coefficient (Wildman–Crippen LogP) is 2.22. The number of hydrogen-bond donors (Lipinski definition) is 1. The number of hydrogen-bond acceptors (Lipinski definition) is 6. The Labute approximate surface area is 194 Å². The summed E-state index contributed by atoms with van der Waals surface area (Å²) in [6, 6.07) is 7.93. The number of rotatable bonds is 9. The summed E-state index contributed by atoms with van der Waals surface area (Å²) in [4.78, 5) is 17.9. The zero-order chi connectivity index (χ0) is 24.2. The van der Waals surface area contributed by atoms with Gasteiger partial charge in [0.1, 0.15) is 5.82 Å². The lowest BCUT2D eigenvalue weighted by atomic mass is 10.0. The van der Waals surface area contributed by atoms with Crippen molar-refractivity contribution in [2.45, 2.75) is 32.4 Å². The third kappa shape index (κ3) is 6.26. The lowest BCUT2D eigenvalue weighted by molar-refractivity contribution is -0.107. The van der Waals surface area contributed by atoms with Crippen LogP contribution >= 0.6 is 0 Å². The molecule has 0 spiro atoms. The number of amides is 1. The summed E-state index contributed by atoms with van der Waals surface area (Å²) in [6.07, 6.45) is 3.78. The summed E-state index contributed by atoms with van der Waals surface area (Å²) in [7, 11) is 1.13. The fourth-order valence-electron chi connectivity index (χ4n) is 3.88. The van der Waals surface area contributed by atoms with Gasteiger partial charge in [-0.25, -0.2) is 9.40 Å². The number of carbonyl (C=O) groups excluding carboxylic acids is 1. The maximum Gasteiger partial charge on any atom is 0.281 e. The van der Waals surface area contributed by atoms with E-state index in [4.69, 9.17) is 0 Å². The number of piperidine rings is 1. The van der Waals surface area contributed by atoms with Crippen molar-refractivity contribution in [2.75, 3.05) is 44.7 Å². The van der Waals surface area contributed by atoms with E-state index in [1.54, 1.807) is 31.4 Å². The molecule has 1 N–H and O–H groups in total. The molecule has 2 heterocycles. The zero-order valence-electron chi connectivity index (χ0n) is 19.4. The number of hydrazine groups is 1. The first-order chi connectivity index (χ1) is 15.6. The first-order valence-corrected chi connectivity index (χ1v) is 12.1. The molecule has 180 valence electrons. The Bertz CT molecular complexity index is 1060. The Kier molecular flexibility index (Phi) is 8.01. The Morgan fingerprint density at radius 3 is 2.64 bits per heavy atom. The van der Waals surface area contributed by atoms with Crippen molar-refractivity contribution in [1.29, 1.82) is 0 Å². The number of likely N-dealkylation sites (tertiary alicyclic amines) is 1. The van der Waals surface area contributed by atoms with Gasteiger partial charge in [-0.2, -0.15) is 17.0 Å². The van der Waals surface area contributed by atoms with Crippen LogP contribution in [0.2, 0.25) is 0 Å². The molecule has 0 radical (unpaired) electrons. The van der Waals surface area contributed by atoms with Gasteiger partial charge >= 0.3 is 0 Å². The standard InChI is InChI=1S/C22H31FN6O3S/c1-17-7-8-21(13-24-17)29(16-30)25-20-11-18(10-19(23)12-20)14-28-9-5-6-22(15-28)27(4)33(31,32)26(2)3/h7-8,10-13,16,22,25H,5-6,9,14-15H2,1-4H3/t22-/m1/s1. The van der Waals surface area contributed by atoms with Crippen molar-refractivity contribution in [3.8, 4) is 0 Å². The molecule has 3 rings (SSSR count). The lowest BCUT2D eigenvalue weighted by Crippen LogP contribution is -2.50. The van der Waals surface area contributed by atoms with Crippen molar-refractivity contribution >= 4 is 28.0 Å². The fraction of sp³-hybridized carbons (Fsp3) is 0.455. The summed E-state index contributed by atoms with van der Waals surface area (Å²) in [5.41, 5.74) is 5.42. The van der Waals surface area contributed by atoms with E-state index in [-0.39, 0.29) is 6.04 Å². The van der Waals surface area contributed by atoms with Crippen LogP contribution in [-0.4, -0.2) is 73.6 Å². The molecule has 1 aliphatic rings. The highest BCUT2D eigenvalue weighted by Crippen LogP contribution is 2.23. The summed E-state index contributed by atoms with van der Waals surface area (Å²) < 4.78 is 42.0. The van der Waals surface area contributed by atoms with E-state index < -0.39 is 16.0 Å². The smallest absolute Gasteiger partial charge is 0.281 e. The molecule has 1 fully saturated rings. The van der Waals surface area contributed by atoms with Crippen LogP contribution in [0.25, 0.3) is 0 Å². The van der Waals surface area contributed by atoms with E-state index in [1.807, 2.05) is 6.92 Å². The number of likely N-dealkylation sites (N-methyl/N-ethyl adjacent to an activating group) is 1. The number of nitrogens with zero attached hydrogens (tertiary/aromatic N) is 5. The van der Waals surface area contributed by atoms with Gasteiger partial charge in [0.2, 0.25) is 6.41 Å². The molecule has 0 aliphatic carbocycles. The number of aryl methyl sites for hydroxylation is 1. The van der Waals surface area contributed by atoms with Gasteiger partial charge in [-0.15, -0.1) is 0 Å². The van der Waals surface area contributed by atoms with Crippen LogP contribution in [0.15, 0.2) is 36.5 Å². The highest BCUT2D eigenvalue weighted by Gasteiger charge is 2.31. The number of halogens is 1. The molecule has 0 unspecified atom stereocenters. The average molecular weight is 479 g/mol. The molecule has 1 amide bonds. The minimum Gasteiger partial charge on any atom is -0.297 e. The SMILES string of the molecule is Cc1ccc(N(C=O)Nc2cc(F)cc(CN3CCC[C@@H](N(C)S(=O)(=O)N(C)C)C3)c2)cn1. The molecule has 9 nitrogen and oxygen atoms in total. The fourth-order valence-corrected chi connectivity index (χ4v) is 4.94. The van der Waals surface area contributed by atoms with Crippen LogP contribution in [0.5, 0.6) is 0 Å². The Morgan fingerprint density at radius 1 is 1.24 bits per heavy atom. The van der Waals surface area contributed by atoms with E-state index in [1.165, 1.54) is 39.8 Å². The largest absolute Gasteiger partial charge is 0.297 e. The first kappa shape index (κ1) is 25.0. The minimum absolute atomic E-state index is 0.156. The van der Waals surface area contributed by atoms with Crippen molar-refractivity contribution in [3.63, 3.8) is 0 Å². The van der Waals surface area contributed by atoms with Crippen LogP contribution in [0.1, 0.15) is 24.1 Å². The van der Waals surface area contributed by atoms with Gasteiger partial charge in [-0.1, -0.05) is 0 Å². The second-order valence-corrected chi connectivity index (χ2v) is 10.6. The maximum atomic E-state index is 14.4. The number of aromatic nitrogens is 1. The number of benzene rings is 1. The monoisotopic (exact) mass is 478 g/mol. The molecule has 0 bridgehead atoms. The predicted molar refractivity (Wildman–Crippen MR) is 126 cm³/mol. The van der Waals surface area contributed by atoms with Crippen LogP contribution in [0, 0.1) is 12.7 Å². The van der Waals surface area contributed by atoms with Crippen molar-refractivity contribution in [1.82, 2.24) is 18.5 Å². The highest BCUT2D eigenvalue weighted by atomic mass is 32.2. The molecule has 11 heteroatoms. The second-order valence-electron chi connectivity index (χ2n) is 8.43. The summed E-state index contributed by atoms with van der Waals surface area (Å²) in [5.74, 6) is -0.427. The zero-order valence-corrected chi connectivity index (χ0v) is 20.2. The number of nitrogens with one attached hydrogen (secondary N) is 1. The van der Waals surface area contributed by atoms with E-state index in [0.29, 0.717) is 30.9 Å². The van der Waals surface area contributed by atoms with Gasteiger partial charge in [0.15, 0.2) is 0 Å². The van der Waals surface area contributed by atoms with E-state index in [0.717, 1.165) is 30.6 Å². The summed E-state index contributed by atoms with van der Waals surface area (Å²) >= 11 is 0. The molecule has 1 atom stereocenters. The van der Waals surface area contributed by atoms with Gasteiger partial charge in [0, 0.05) is 46.0 Å². The van der Waals surface area contributed by atoms with Crippen molar-refractivity contribution in [2.24, 2.45) is 0 Å². The Hall–Kier alpha value is -2.60. The molecule has 1 aliphatic heterocycles. The Morgan fingerprint density at radius 2 is 2.00 bits per heavy atom. The summed E-state index contributed by atoms with van der Waals surface area (Å²) in [6.45, 7) is 3.66. The van der Waals surface area contributed by atoms with E-state index >= 15 is 0 Å². The molecular formula is C22H31FN6O3S. The molecule has 33 heavy (non-hydrogen) atoms. The highest BCUT2D eigenvalue weighted by molar-refractivity contribution is 7.86. The van der Waals surface area contributed by atoms with Crippen LogP contribution in [0.4, 0.5) is 15.8 Å². The van der Waals surface area contributed by atoms with Gasteiger partial charge < -0.3 is 0 Å². The molecular weight excluding hydrogens is 447 g/mol. The van der Waals surface area contributed by atoms with Crippen LogP contribution in [0.3, 0.4) is 0 Å². The molecule has 1 aromatic heterocycles. The summed E-state index contributed by atoms with van der Waals surface area (Å²) in [5, 5.41) is 1.24. The van der Waals surface area contributed by atoms with Gasteiger partial charge in [-0.3, -0.25) is 20.1 Å². The molecule has 0 saturated carbocycles. The van der Waals surface area contributed by atoms with Crippen LogP contribution < -0.4 is 10.4 Å². The van der Waals surface area contributed by atoms with Gasteiger partial charge in [0.05, 0.1) is 17.6 Å². The number of carbonyl (C=O) groups is 1. The Balaban J connectivity index is 1.71. The quantitative estimate of drug-likeness (QED) is 0.439. The van der Waals surface area contributed by atoms with Crippen molar-refractivity contribution in [3.05, 3.63) is 53.6 Å². The molecule has 1 saturated heterocycles. The minimum atomic E-state index is -3.51. The lowest BCUT2D eigenvalue weighted by Gasteiger charge is -2.37. The third-order valence-corrected chi connectivity index (χ3v) is 7.66. The number of pyridine rings is 1. The first-order valence-electron chi connectivity index (χ1n) is 10.7. The van der Waals surface area contributed by atoms with E-state index in [9.17, 15) is 17.6 Å². The third-order valence-electron chi connectivity index (χ3n) is 5.71.